The Hall–Kier alpha value is -1.63. The number of hydrogen-bond acceptors (Lipinski definition) is 4. The first-order valence-corrected chi connectivity index (χ1v) is 10.1. The highest BCUT2D eigenvalue weighted by Crippen LogP contribution is 2.18. The third kappa shape index (κ3) is 5.67. The second-order valence-electron chi connectivity index (χ2n) is 7.55. The molecule has 1 aromatic carbocycles. The minimum Gasteiger partial charge on any atom is -0.393 e. The van der Waals surface area contributed by atoms with Gasteiger partial charge in [-0.15, -0.1) is 0 Å². The lowest BCUT2D eigenvalue weighted by molar-refractivity contribution is -0.134. The van der Waals surface area contributed by atoms with Gasteiger partial charge in [0.2, 0.25) is 5.91 Å². The third-order valence-corrected chi connectivity index (χ3v) is 5.79. The summed E-state index contributed by atoms with van der Waals surface area (Å²) >= 11 is 6.07. The van der Waals surface area contributed by atoms with Gasteiger partial charge in [-0.3, -0.25) is 14.5 Å². The zero-order valence-corrected chi connectivity index (χ0v) is 16.3. The summed E-state index contributed by atoms with van der Waals surface area (Å²) in [5.41, 5.74) is 0.482. The molecule has 0 radical (unpaired) electrons. The maximum Gasteiger partial charge on any atom is 0.252 e. The van der Waals surface area contributed by atoms with Crippen molar-refractivity contribution in [3.63, 3.8) is 0 Å². The van der Waals surface area contributed by atoms with Gasteiger partial charge in [-0.05, 0) is 43.7 Å². The number of carbonyl (C=O) groups is 2. The van der Waals surface area contributed by atoms with Crippen molar-refractivity contribution in [3.05, 3.63) is 34.9 Å². The van der Waals surface area contributed by atoms with Gasteiger partial charge in [-0.2, -0.15) is 0 Å². The molecule has 0 saturated carbocycles. The van der Waals surface area contributed by atoms with Gasteiger partial charge >= 0.3 is 0 Å². The third-order valence-electron chi connectivity index (χ3n) is 5.46. The summed E-state index contributed by atoms with van der Waals surface area (Å²) in [6.45, 7) is 3.98. The molecule has 0 bridgehead atoms. The summed E-state index contributed by atoms with van der Waals surface area (Å²) < 4.78 is 0. The van der Waals surface area contributed by atoms with E-state index in [0.717, 1.165) is 45.3 Å². The largest absolute Gasteiger partial charge is 0.393 e. The van der Waals surface area contributed by atoms with E-state index in [0.29, 0.717) is 30.2 Å². The molecule has 0 aromatic heterocycles. The number of likely N-dealkylation sites (tertiary alicyclic amines) is 2. The van der Waals surface area contributed by atoms with Crippen molar-refractivity contribution in [2.45, 2.75) is 31.8 Å². The van der Waals surface area contributed by atoms with Gasteiger partial charge in [-0.25, -0.2) is 0 Å². The number of aliphatic hydroxyl groups is 1. The van der Waals surface area contributed by atoms with Crippen LogP contribution in [0, 0.1) is 5.92 Å². The number of piperidine rings is 2. The number of nitrogens with zero attached hydrogens (tertiary/aromatic N) is 2. The van der Waals surface area contributed by atoms with E-state index in [1.807, 2.05) is 4.90 Å². The van der Waals surface area contributed by atoms with Crippen LogP contribution in [0.2, 0.25) is 5.02 Å². The second kappa shape index (κ2) is 9.53. The lowest BCUT2D eigenvalue weighted by Crippen LogP contribution is -2.48. The molecule has 2 amide bonds. The zero-order valence-electron chi connectivity index (χ0n) is 15.6. The van der Waals surface area contributed by atoms with E-state index >= 15 is 0 Å². The van der Waals surface area contributed by atoms with E-state index in [2.05, 4.69) is 10.2 Å². The van der Waals surface area contributed by atoms with Gasteiger partial charge in [0, 0.05) is 32.7 Å². The highest BCUT2D eigenvalue weighted by molar-refractivity contribution is 6.33. The molecule has 2 saturated heterocycles. The Morgan fingerprint density at radius 1 is 1.15 bits per heavy atom. The van der Waals surface area contributed by atoms with Crippen LogP contribution in [0.3, 0.4) is 0 Å². The van der Waals surface area contributed by atoms with Crippen LogP contribution < -0.4 is 5.32 Å². The maximum atomic E-state index is 12.6. The van der Waals surface area contributed by atoms with Crippen molar-refractivity contribution in [1.29, 1.82) is 0 Å². The molecule has 148 valence electrons. The lowest BCUT2D eigenvalue weighted by atomic mass is 9.97. The first kappa shape index (κ1) is 20.1. The molecule has 2 N–H and O–H groups in total. The first-order chi connectivity index (χ1) is 13.0. The molecule has 6 nitrogen and oxygen atoms in total. The normalized spacial score (nSPS) is 21.9. The highest BCUT2D eigenvalue weighted by Gasteiger charge is 2.26. The van der Waals surface area contributed by atoms with Crippen LogP contribution in [0.15, 0.2) is 24.3 Å². The van der Waals surface area contributed by atoms with Crippen LogP contribution in [-0.2, 0) is 4.79 Å². The van der Waals surface area contributed by atoms with Gasteiger partial charge < -0.3 is 15.3 Å². The van der Waals surface area contributed by atoms with Crippen LogP contribution in [0.4, 0.5) is 0 Å². The molecule has 2 aliphatic heterocycles. The zero-order chi connectivity index (χ0) is 19.2. The number of benzene rings is 1. The predicted molar refractivity (Wildman–Crippen MR) is 105 cm³/mol. The summed E-state index contributed by atoms with van der Waals surface area (Å²) in [7, 11) is 0. The molecule has 1 unspecified atom stereocenters. The van der Waals surface area contributed by atoms with Crippen LogP contribution in [0.1, 0.15) is 36.0 Å². The number of hydrogen-bond donors (Lipinski definition) is 2. The summed E-state index contributed by atoms with van der Waals surface area (Å²) in [6, 6.07) is 7.01. The lowest BCUT2D eigenvalue weighted by Gasteiger charge is -2.35. The van der Waals surface area contributed by atoms with Crippen molar-refractivity contribution in [1.82, 2.24) is 15.1 Å². The standard InChI is InChI=1S/C20H28ClN3O3/c21-18-6-2-1-5-17(18)20(27)22-12-15-4-3-9-24(13-15)19(26)14-23-10-7-16(25)8-11-23/h1-2,5-6,15-16,25H,3-4,7-14H2,(H,22,27). The van der Waals surface area contributed by atoms with Crippen LogP contribution in [0.25, 0.3) is 0 Å². The van der Waals surface area contributed by atoms with Crippen LogP contribution >= 0.6 is 11.6 Å². The van der Waals surface area contributed by atoms with Crippen molar-refractivity contribution in [2.24, 2.45) is 5.92 Å². The maximum absolute atomic E-state index is 12.6. The summed E-state index contributed by atoms with van der Waals surface area (Å²) in [6.07, 6.45) is 3.21. The minimum atomic E-state index is -0.225. The molecule has 0 aliphatic carbocycles. The van der Waals surface area contributed by atoms with Gasteiger partial charge in [0.1, 0.15) is 0 Å². The Labute approximate surface area is 165 Å². The molecule has 7 heteroatoms. The van der Waals surface area contributed by atoms with Crippen molar-refractivity contribution in [3.8, 4) is 0 Å². The number of amides is 2. The Balaban J connectivity index is 1.45. The molecule has 3 rings (SSSR count). The molecule has 1 atom stereocenters. The molecule has 2 heterocycles. The molecule has 2 aliphatic rings. The van der Waals surface area contributed by atoms with E-state index in [-0.39, 0.29) is 23.8 Å². The Morgan fingerprint density at radius 3 is 2.63 bits per heavy atom. The SMILES string of the molecule is O=C(NCC1CCCN(C(=O)CN2CCC(O)CC2)C1)c1ccccc1Cl. The van der Waals surface area contributed by atoms with Crippen molar-refractivity contribution in [2.75, 3.05) is 39.3 Å². The summed E-state index contributed by atoms with van der Waals surface area (Å²) in [5.74, 6) is 0.238. The molecule has 0 spiro atoms. The van der Waals surface area contributed by atoms with Crippen LogP contribution in [0.5, 0.6) is 0 Å². The first-order valence-electron chi connectivity index (χ1n) is 9.74. The molecule has 27 heavy (non-hydrogen) atoms. The van der Waals surface area contributed by atoms with Crippen molar-refractivity contribution >= 4 is 23.4 Å². The van der Waals surface area contributed by atoms with Gasteiger partial charge in [0.05, 0.1) is 23.2 Å². The topological polar surface area (TPSA) is 72.9 Å². The smallest absolute Gasteiger partial charge is 0.252 e. The van der Waals surface area contributed by atoms with E-state index < -0.39 is 0 Å². The predicted octanol–water partition coefficient (Wildman–Crippen LogP) is 1.77. The quantitative estimate of drug-likeness (QED) is 0.799. The van der Waals surface area contributed by atoms with Crippen LogP contribution in [-0.4, -0.2) is 72.1 Å². The Bertz CT molecular complexity index is 662. The molecule has 1 aromatic rings. The number of nitrogens with one attached hydrogen (secondary N) is 1. The second-order valence-corrected chi connectivity index (χ2v) is 7.95. The fourth-order valence-corrected chi connectivity index (χ4v) is 4.03. The van der Waals surface area contributed by atoms with E-state index in [1.165, 1.54) is 0 Å². The highest BCUT2D eigenvalue weighted by atomic mass is 35.5. The molecular weight excluding hydrogens is 366 g/mol. The number of rotatable bonds is 5. The average Bonchev–Trinajstić information content (AvgIpc) is 2.68. The fourth-order valence-electron chi connectivity index (χ4n) is 3.80. The number of halogens is 1. The Kier molecular flexibility index (Phi) is 7.10. The fraction of sp³-hybridized carbons (Fsp3) is 0.600. The average molecular weight is 394 g/mol. The monoisotopic (exact) mass is 393 g/mol. The summed E-state index contributed by atoms with van der Waals surface area (Å²) in [5, 5.41) is 13.0. The summed E-state index contributed by atoms with van der Waals surface area (Å²) in [4.78, 5) is 29.0. The number of carbonyl (C=O) groups excluding carboxylic acids is 2. The number of aliphatic hydroxyl groups excluding tert-OH is 1. The minimum absolute atomic E-state index is 0.147. The molecule has 2 fully saturated rings. The van der Waals surface area contributed by atoms with Gasteiger partial charge in [0.15, 0.2) is 0 Å². The Morgan fingerprint density at radius 2 is 1.89 bits per heavy atom. The van der Waals surface area contributed by atoms with E-state index in [4.69, 9.17) is 11.6 Å². The molecular formula is C20H28ClN3O3. The van der Waals surface area contributed by atoms with E-state index in [9.17, 15) is 14.7 Å². The van der Waals surface area contributed by atoms with E-state index in [1.54, 1.807) is 24.3 Å². The van der Waals surface area contributed by atoms with Gasteiger partial charge in [0.25, 0.3) is 5.91 Å². The van der Waals surface area contributed by atoms with Crippen molar-refractivity contribution < 1.29 is 14.7 Å². The van der Waals surface area contributed by atoms with Gasteiger partial charge in [-0.1, -0.05) is 23.7 Å².